The maximum atomic E-state index is 9.85. The number of pyridine rings is 1. The van der Waals surface area contributed by atoms with Crippen LogP contribution in [0.3, 0.4) is 0 Å². The van der Waals surface area contributed by atoms with Gasteiger partial charge in [0.15, 0.2) is 11.6 Å². The zero-order chi connectivity index (χ0) is 22.5. The number of aromatic nitrogens is 5. The summed E-state index contributed by atoms with van der Waals surface area (Å²) in [5.41, 5.74) is 1.72. The maximum absolute atomic E-state index is 9.85. The van der Waals surface area contributed by atoms with E-state index < -0.39 is 0 Å². The lowest BCUT2D eigenvalue weighted by atomic mass is 10.1. The van der Waals surface area contributed by atoms with E-state index in [0.717, 1.165) is 26.2 Å². The highest BCUT2D eigenvalue weighted by molar-refractivity contribution is 5.74. The van der Waals surface area contributed by atoms with Gasteiger partial charge in [-0.15, -0.1) is 10.2 Å². The SMILES string of the molecule is CNc1nc(N2CCNCC2)c(C#N)c(C)c1N=Nc1c(C#N)cnn1-c1ncccn1. The van der Waals surface area contributed by atoms with Gasteiger partial charge in [0.05, 0.1) is 11.8 Å². The van der Waals surface area contributed by atoms with Crippen molar-refractivity contribution < 1.29 is 0 Å². The van der Waals surface area contributed by atoms with E-state index >= 15 is 0 Å². The van der Waals surface area contributed by atoms with Gasteiger partial charge in [-0.3, -0.25) is 0 Å². The van der Waals surface area contributed by atoms with E-state index in [-0.39, 0.29) is 17.3 Å². The number of nitrogens with zero attached hydrogens (tertiary/aromatic N) is 10. The summed E-state index contributed by atoms with van der Waals surface area (Å²) in [5, 5.41) is 38.5. The molecule has 4 rings (SSSR count). The number of rotatable bonds is 5. The molecule has 160 valence electrons. The highest BCUT2D eigenvalue weighted by Gasteiger charge is 2.22. The van der Waals surface area contributed by atoms with Crippen LogP contribution in [0.15, 0.2) is 34.9 Å². The Kier molecular flexibility index (Phi) is 5.96. The molecule has 0 spiro atoms. The fraction of sp³-hybridized carbons (Fsp3) is 0.300. The van der Waals surface area contributed by atoms with Gasteiger partial charge in [0.25, 0.3) is 5.95 Å². The molecule has 0 aliphatic carbocycles. The van der Waals surface area contributed by atoms with Crippen LogP contribution in [0, 0.1) is 29.6 Å². The predicted molar refractivity (Wildman–Crippen MR) is 116 cm³/mol. The molecule has 0 saturated carbocycles. The highest BCUT2D eigenvalue weighted by Crippen LogP contribution is 2.36. The Labute approximate surface area is 184 Å². The standard InChI is InChI=1S/C20H20N12/c1-13-15(11-22)19(31-8-6-24-7-9-31)28-17(23-2)16(13)29-30-18-14(10-21)12-27-32(18)20-25-4-3-5-26-20/h3-5,12,24H,6-9H2,1-2H3,(H,23,28). The molecule has 0 aromatic carbocycles. The van der Waals surface area contributed by atoms with E-state index in [2.05, 4.69) is 58.0 Å². The van der Waals surface area contributed by atoms with Crippen molar-refractivity contribution in [3.63, 3.8) is 0 Å². The van der Waals surface area contributed by atoms with Crippen molar-refractivity contribution in [3.05, 3.63) is 41.3 Å². The number of nitriles is 2. The van der Waals surface area contributed by atoms with Crippen LogP contribution in [0.1, 0.15) is 16.7 Å². The van der Waals surface area contributed by atoms with E-state index in [1.54, 1.807) is 25.5 Å². The Hall–Kier alpha value is -4.42. The van der Waals surface area contributed by atoms with Gasteiger partial charge >= 0.3 is 0 Å². The first-order chi connectivity index (χ1) is 15.7. The Balaban J connectivity index is 1.80. The van der Waals surface area contributed by atoms with Gasteiger partial charge in [-0.2, -0.15) is 20.3 Å². The van der Waals surface area contributed by atoms with Crippen LogP contribution in [-0.2, 0) is 0 Å². The molecule has 1 fully saturated rings. The van der Waals surface area contributed by atoms with Crippen LogP contribution >= 0.6 is 0 Å². The minimum absolute atomic E-state index is 0.185. The monoisotopic (exact) mass is 428 g/mol. The molecule has 12 nitrogen and oxygen atoms in total. The van der Waals surface area contributed by atoms with Gasteiger partial charge in [0.1, 0.15) is 29.2 Å². The van der Waals surface area contributed by atoms with E-state index in [4.69, 9.17) is 0 Å². The summed E-state index contributed by atoms with van der Waals surface area (Å²) in [5.74, 6) is 1.55. The molecule has 3 aromatic rings. The van der Waals surface area contributed by atoms with E-state index in [9.17, 15) is 10.5 Å². The Morgan fingerprint density at radius 3 is 2.53 bits per heavy atom. The summed E-state index contributed by atoms with van der Waals surface area (Å²) in [6.45, 7) is 4.97. The van der Waals surface area contributed by atoms with Crippen LogP contribution in [0.5, 0.6) is 0 Å². The molecule has 0 amide bonds. The van der Waals surface area contributed by atoms with Crippen molar-refractivity contribution in [2.75, 3.05) is 43.4 Å². The average Bonchev–Trinajstić information content (AvgIpc) is 3.26. The third-order valence-corrected chi connectivity index (χ3v) is 5.01. The van der Waals surface area contributed by atoms with Gasteiger partial charge in [0, 0.05) is 51.2 Å². The summed E-state index contributed by atoms with van der Waals surface area (Å²) in [6, 6.07) is 5.99. The number of azo groups is 1. The Morgan fingerprint density at radius 1 is 1.12 bits per heavy atom. The topological polar surface area (TPSA) is 156 Å². The number of hydrogen-bond donors (Lipinski definition) is 2. The minimum Gasteiger partial charge on any atom is -0.371 e. The lowest BCUT2D eigenvalue weighted by Crippen LogP contribution is -2.44. The van der Waals surface area contributed by atoms with Crippen molar-refractivity contribution in [2.24, 2.45) is 10.2 Å². The van der Waals surface area contributed by atoms with Crippen molar-refractivity contribution in [3.8, 4) is 18.1 Å². The number of anilines is 2. The third-order valence-electron chi connectivity index (χ3n) is 5.01. The fourth-order valence-electron chi connectivity index (χ4n) is 3.38. The van der Waals surface area contributed by atoms with Gasteiger partial charge in [0.2, 0.25) is 0 Å². The minimum atomic E-state index is 0.185. The lowest BCUT2D eigenvalue weighted by Gasteiger charge is -2.30. The van der Waals surface area contributed by atoms with Crippen LogP contribution in [0.2, 0.25) is 0 Å². The van der Waals surface area contributed by atoms with E-state index in [1.807, 2.05) is 6.92 Å². The first-order valence-corrected chi connectivity index (χ1v) is 9.93. The van der Waals surface area contributed by atoms with E-state index in [0.29, 0.717) is 28.5 Å². The second-order valence-electron chi connectivity index (χ2n) is 6.89. The molecule has 1 saturated heterocycles. The average molecular weight is 428 g/mol. The fourth-order valence-corrected chi connectivity index (χ4v) is 3.38. The Morgan fingerprint density at radius 2 is 1.88 bits per heavy atom. The second-order valence-corrected chi connectivity index (χ2v) is 6.89. The molecule has 1 aliphatic heterocycles. The molecule has 2 N–H and O–H groups in total. The van der Waals surface area contributed by atoms with Crippen LogP contribution in [0.25, 0.3) is 5.95 Å². The van der Waals surface area contributed by atoms with Gasteiger partial charge < -0.3 is 15.5 Å². The summed E-state index contributed by atoms with van der Waals surface area (Å²) < 4.78 is 1.34. The zero-order valence-corrected chi connectivity index (χ0v) is 17.6. The summed E-state index contributed by atoms with van der Waals surface area (Å²) in [4.78, 5) is 15.1. The van der Waals surface area contributed by atoms with E-state index in [1.165, 1.54) is 10.9 Å². The molecule has 0 atom stereocenters. The molecule has 32 heavy (non-hydrogen) atoms. The van der Waals surface area contributed by atoms with Crippen LogP contribution in [0.4, 0.5) is 23.1 Å². The number of piperazine rings is 1. The first-order valence-electron chi connectivity index (χ1n) is 9.93. The predicted octanol–water partition coefficient (Wildman–Crippen LogP) is 1.98. The van der Waals surface area contributed by atoms with Crippen LogP contribution < -0.4 is 15.5 Å². The van der Waals surface area contributed by atoms with Gasteiger partial charge in [-0.25, -0.2) is 15.0 Å². The molecular formula is C20H20N12. The smallest absolute Gasteiger partial charge is 0.252 e. The molecule has 4 heterocycles. The van der Waals surface area contributed by atoms with Crippen molar-refractivity contribution in [1.29, 1.82) is 10.5 Å². The van der Waals surface area contributed by atoms with Crippen molar-refractivity contribution in [2.45, 2.75) is 6.92 Å². The second kappa shape index (κ2) is 9.16. The van der Waals surface area contributed by atoms with Crippen molar-refractivity contribution >= 4 is 23.1 Å². The van der Waals surface area contributed by atoms with Crippen LogP contribution in [-0.4, -0.2) is 58.0 Å². The number of hydrogen-bond acceptors (Lipinski definition) is 11. The summed E-state index contributed by atoms with van der Waals surface area (Å²) in [7, 11) is 1.73. The molecule has 3 aromatic heterocycles. The lowest BCUT2D eigenvalue weighted by molar-refractivity contribution is 0.584. The van der Waals surface area contributed by atoms with Gasteiger partial charge in [-0.05, 0) is 13.0 Å². The highest BCUT2D eigenvalue weighted by atomic mass is 15.4. The summed E-state index contributed by atoms with van der Waals surface area (Å²) in [6.07, 6.45) is 4.51. The molecule has 1 aliphatic rings. The molecule has 0 bridgehead atoms. The Bertz CT molecular complexity index is 1230. The van der Waals surface area contributed by atoms with Gasteiger partial charge in [-0.1, -0.05) is 0 Å². The molecular weight excluding hydrogens is 408 g/mol. The largest absolute Gasteiger partial charge is 0.371 e. The quantitative estimate of drug-likeness (QED) is 0.580. The third kappa shape index (κ3) is 3.82. The molecule has 0 radical (unpaired) electrons. The zero-order valence-electron chi connectivity index (χ0n) is 17.6. The molecule has 12 heteroatoms. The number of nitrogens with one attached hydrogen (secondary N) is 2. The summed E-state index contributed by atoms with van der Waals surface area (Å²) >= 11 is 0. The first kappa shape index (κ1) is 20.8. The normalized spacial score (nSPS) is 13.7. The molecule has 0 unspecified atom stereocenters. The maximum Gasteiger partial charge on any atom is 0.252 e. The van der Waals surface area contributed by atoms with Crippen molar-refractivity contribution in [1.82, 2.24) is 30.0 Å².